The van der Waals surface area contributed by atoms with Gasteiger partial charge in [0.25, 0.3) is 0 Å². The summed E-state index contributed by atoms with van der Waals surface area (Å²) in [4.78, 5) is 4.49. The maximum Gasteiger partial charge on any atom is 0.0897 e. The van der Waals surface area contributed by atoms with Gasteiger partial charge in [-0.3, -0.25) is 0 Å². The van der Waals surface area contributed by atoms with Crippen LogP contribution in [0.2, 0.25) is 0 Å². The quantitative estimate of drug-likeness (QED) is 0.479. The molecule has 0 aliphatic rings. The topological polar surface area (TPSA) is 38.9 Å². The molecule has 0 fully saturated rings. The lowest BCUT2D eigenvalue weighted by molar-refractivity contribution is 0.518. The third-order valence-corrected chi connectivity index (χ3v) is 4.89. The van der Waals surface area contributed by atoms with Gasteiger partial charge in [-0.2, -0.15) is 0 Å². The molecule has 21 heavy (non-hydrogen) atoms. The fourth-order valence-corrected chi connectivity index (χ4v) is 3.39. The lowest BCUT2D eigenvalue weighted by atomic mass is 10.0. The Hall–Kier alpha value is -0.410. The van der Waals surface area contributed by atoms with Gasteiger partial charge < -0.3 is 5.73 Å². The van der Waals surface area contributed by atoms with E-state index in [2.05, 4.69) is 24.2 Å². The van der Waals surface area contributed by atoms with E-state index in [9.17, 15) is 0 Å². The Morgan fingerprint density at radius 1 is 1.00 bits per heavy atom. The Morgan fingerprint density at radius 3 is 2.10 bits per heavy atom. The molecular weight excluding hydrogens is 276 g/mol. The second-order valence-corrected chi connectivity index (χ2v) is 7.35. The largest absolute Gasteiger partial charge is 0.327 e. The first-order valence-corrected chi connectivity index (χ1v) is 9.77. The molecule has 1 aromatic heterocycles. The molecule has 1 unspecified atom stereocenters. The van der Waals surface area contributed by atoms with Crippen LogP contribution in [0.15, 0.2) is 5.38 Å². The average molecular weight is 311 g/mol. The monoisotopic (exact) mass is 310 g/mol. The van der Waals surface area contributed by atoms with Crippen LogP contribution >= 0.6 is 11.3 Å². The van der Waals surface area contributed by atoms with Crippen molar-refractivity contribution >= 4 is 11.3 Å². The molecule has 0 saturated carbocycles. The third-order valence-electron chi connectivity index (χ3n) is 4.07. The number of aromatic nitrogens is 1. The lowest BCUT2D eigenvalue weighted by Gasteiger charge is -2.09. The second kappa shape index (κ2) is 12.2. The minimum Gasteiger partial charge on any atom is -0.327 e. The first-order chi connectivity index (χ1) is 10.2. The number of hydrogen-bond donors (Lipinski definition) is 1. The van der Waals surface area contributed by atoms with Crippen LogP contribution in [0.5, 0.6) is 0 Å². The van der Waals surface area contributed by atoms with Crippen LogP contribution in [0.1, 0.15) is 88.3 Å². The molecule has 3 heteroatoms. The van der Waals surface area contributed by atoms with Crippen molar-refractivity contribution in [2.75, 3.05) is 0 Å². The molecule has 2 N–H and O–H groups in total. The summed E-state index contributed by atoms with van der Waals surface area (Å²) in [6.45, 7) is 4.34. The summed E-state index contributed by atoms with van der Waals surface area (Å²) in [5.41, 5.74) is 7.37. The predicted molar refractivity (Wildman–Crippen MR) is 95.0 cm³/mol. The molecule has 0 spiro atoms. The van der Waals surface area contributed by atoms with Gasteiger partial charge in [0.2, 0.25) is 0 Å². The number of nitrogens with two attached hydrogens (primary N) is 1. The number of rotatable bonds is 13. The molecule has 0 amide bonds. The van der Waals surface area contributed by atoms with Gasteiger partial charge in [-0.1, -0.05) is 71.1 Å². The highest BCUT2D eigenvalue weighted by Crippen LogP contribution is 2.14. The number of aryl methyl sites for hydroxylation is 1. The third kappa shape index (κ3) is 10.0. The van der Waals surface area contributed by atoms with E-state index >= 15 is 0 Å². The van der Waals surface area contributed by atoms with E-state index in [4.69, 9.17) is 5.73 Å². The zero-order valence-corrected chi connectivity index (χ0v) is 14.9. The van der Waals surface area contributed by atoms with Crippen LogP contribution in [0.25, 0.3) is 0 Å². The van der Waals surface area contributed by atoms with Crippen molar-refractivity contribution in [2.24, 2.45) is 5.73 Å². The first kappa shape index (κ1) is 18.6. The van der Waals surface area contributed by atoms with E-state index in [1.165, 1.54) is 69.9 Å². The Balaban J connectivity index is 1.87. The van der Waals surface area contributed by atoms with Gasteiger partial charge in [0.1, 0.15) is 0 Å². The van der Waals surface area contributed by atoms with Crippen molar-refractivity contribution in [3.05, 3.63) is 16.1 Å². The highest BCUT2D eigenvalue weighted by Gasteiger charge is 2.06. The fourth-order valence-electron chi connectivity index (χ4n) is 2.77. The number of nitrogens with zero attached hydrogens (tertiary/aromatic N) is 1. The Kier molecular flexibility index (Phi) is 10.8. The molecule has 2 nitrogen and oxygen atoms in total. The molecule has 0 saturated heterocycles. The van der Waals surface area contributed by atoms with Gasteiger partial charge in [-0.05, 0) is 13.3 Å². The van der Waals surface area contributed by atoms with E-state index in [1.54, 1.807) is 11.3 Å². The summed E-state index contributed by atoms with van der Waals surface area (Å²) in [7, 11) is 0. The molecule has 1 atom stereocenters. The van der Waals surface area contributed by atoms with Crippen LogP contribution in [0.3, 0.4) is 0 Å². The molecule has 0 aromatic carbocycles. The van der Waals surface area contributed by atoms with Gasteiger partial charge in [-0.15, -0.1) is 11.3 Å². The Morgan fingerprint density at radius 2 is 1.57 bits per heavy atom. The zero-order valence-electron chi connectivity index (χ0n) is 14.1. The lowest BCUT2D eigenvalue weighted by Crippen LogP contribution is -2.22. The van der Waals surface area contributed by atoms with Crippen LogP contribution in [-0.2, 0) is 6.42 Å². The molecule has 122 valence electrons. The van der Waals surface area contributed by atoms with Crippen LogP contribution in [-0.4, -0.2) is 11.0 Å². The summed E-state index contributed by atoms with van der Waals surface area (Å²) in [6.07, 6.45) is 16.0. The normalized spacial score (nSPS) is 12.7. The minimum atomic E-state index is 0.292. The van der Waals surface area contributed by atoms with Crippen LogP contribution < -0.4 is 5.73 Å². The highest BCUT2D eigenvalue weighted by molar-refractivity contribution is 7.09. The Labute approximate surface area is 135 Å². The van der Waals surface area contributed by atoms with E-state index in [0.29, 0.717) is 6.04 Å². The molecular formula is C18H34N2S. The fraction of sp³-hybridized carbons (Fsp3) is 0.833. The summed E-state index contributed by atoms with van der Waals surface area (Å²) in [6, 6.07) is 0.292. The molecule has 0 aliphatic carbocycles. The van der Waals surface area contributed by atoms with Gasteiger partial charge in [-0.25, -0.2) is 4.98 Å². The van der Waals surface area contributed by atoms with Gasteiger partial charge in [0.15, 0.2) is 0 Å². The van der Waals surface area contributed by atoms with Crippen molar-refractivity contribution in [3.63, 3.8) is 0 Å². The molecule has 1 rings (SSSR count). The SMILES string of the molecule is CCCCCCCCCCCCC(N)Cc1csc(C)n1. The first-order valence-electron chi connectivity index (χ1n) is 8.89. The summed E-state index contributed by atoms with van der Waals surface area (Å²) in [5, 5.41) is 3.30. The van der Waals surface area contributed by atoms with Crippen molar-refractivity contribution < 1.29 is 0 Å². The maximum atomic E-state index is 6.19. The molecule has 1 aromatic rings. The smallest absolute Gasteiger partial charge is 0.0897 e. The van der Waals surface area contributed by atoms with Crippen molar-refractivity contribution in [3.8, 4) is 0 Å². The highest BCUT2D eigenvalue weighted by atomic mass is 32.1. The van der Waals surface area contributed by atoms with Gasteiger partial charge in [0, 0.05) is 17.8 Å². The molecule has 0 radical (unpaired) electrons. The summed E-state index contributed by atoms with van der Waals surface area (Å²) >= 11 is 1.72. The number of unbranched alkanes of at least 4 members (excludes halogenated alkanes) is 9. The Bertz CT molecular complexity index is 349. The van der Waals surface area contributed by atoms with Crippen molar-refractivity contribution in [2.45, 2.75) is 96.9 Å². The molecule has 1 heterocycles. The maximum absolute atomic E-state index is 6.19. The second-order valence-electron chi connectivity index (χ2n) is 6.29. The van der Waals surface area contributed by atoms with E-state index < -0.39 is 0 Å². The number of thiazole rings is 1. The average Bonchev–Trinajstić information content (AvgIpc) is 2.86. The predicted octanol–water partition coefficient (Wildman–Crippen LogP) is 5.63. The standard InChI is InChI=1S/C18H34N2S/c1-3-4-5-6-7-8-9-10-11-12-13-17(19)14-18-15-21-16(2)20-18/h15,17H,3-14,19H2,1-2H3. The van der Waals surface area contributed by atoms with E-state index in [1.807, 2.05) is 0 Å². The van der Waals surface area contributed by atoms with E-state index in [0.717, 1.165) is 17.8 Å². The summed E-state index contributed by atoms with van der Waals surface area (Å²) < 4.78 is 0. The van der Waals surface area contributed by atoms with Crippen molar-refractivity contribution in [1.82, 2.24) is 4.98 Å². The molecule has 0 bridgehead atoms. The molecule has 0 aliphatic heterocycles. The number of hydrogen-bond acceptors (Lipinski definition) is 3. The van der Waals surface area contributed by atoms with Crippen LogP contribution in [0, 0.1) is 6.92 Å². The van der Waals surface area contributed by atoms with Crippen LogP contribution in [0.4, 0.5) is 0 Å². The van der Waals surface area contributed by atoms with Gasteiger partial charge in [0.05, 0.1) is 10.7 Å². The minimum absolute atomic E-state index is 0.292. The van der Waals surface area contributed by atoms with Gasteiger partial charge >= 0.3 is 0 Å². The zero-order chi connectivity index (χ0) is 15.3. The van der Waals surface area contributed by atoms with Crippen molar-refractivity contribution in [1.29, 1.82) is 0 Å². The van der Waals surface area contributed by atoms with E-state index in [-0.39, 0.29) is 0 Å². The summed E-state index contributed by atoms with van der Waals surface area (Å²) in [5.74, 6) is 0.